The van der Waals surface area contributed by atoms with Crippen LogP contribution in [-0.4, -0.2) is 41.0 Å². The highest BCUT2D eigenvalue weighted by molar-refractivity contribution is 5.61. The fraction of sp³-hybridized carbons (Fsp3) is 0.304. The third-order valence-corrected chi connectivity index (χ3v) is 5.09. The van der Waals surface area contributed by atoms with Crippen molar-refractivity contribution in [1.29, 1.82) is 0 Å². The van der Waals surface area contributed by atoms with Gasteiger partial charge < -0.3 is 10.2 Å². The lowest BCUT2D eigenvalue weighted by atomic mass is 10.1. The fourth-order valence-corrected chi connectivity index (χ4v) is 3.76. The lowest BCUT2D eigenvalue weighted by Crippen LogP contribution is -2.46. The summed E-state index contributed by atoms with van der Waals surface area (Å²) in [7, 11) is 0. The van der Waals surface area contributed by atoms with Crippen LogP contribution < -0.4 is 10.2 Å². The molecule has 3 aromatic rings. The summed E-state index contributed by atoms with van der Waals surface area (Å²) in [5.41, 5.74) is 4.92. The Bertz CT molecular complexity index is 897. The molecule has 0 atom stereocenters. The molecule has 144 valence electrons. The average molecular weight is 374 g/mol. The maximum atomic E-state index is 4.51. The topological polar surface area (TPSA) is 44.3 Å². The van der Waals surface area contributed by atoms with Crippen LogP contribution in [0.1, 0.15) is 16.7 Å². The van der Waals surface area contributed by atoms with E-state index < -0.39 is 0 Å². The highest BCUT2D eigenvalue weighted by Gasteiger charge is 2.18. The second kappa shape index (κ2) is 8.40. The number of hydrogen-bond donors (Lipinski definition) is 1. The van der Waals surface area contributed by atoms with Crippen molar-refractivity contribution in [1.82, 2.24) is 14.9 Å². The van der Waals surface area contributed by atoms with Crippen LogP contribution in [0.3, 0.4) is 0 Å². The van der Waals surface area contributed by atoms with Crippen molar-refractivity contribution in [2.75, 3.05) is 36.4 Å². The van der Waals surface area contributed by atoms with Gasteiger partial charge in [0.25, 0.3) is 0 Å². The Hall–Kier alpha value is -2.92. The van der Waals surface area contributed by atoms with Gasteiger partial charge in [-0.2, -0.15) is 0 Å². The molecule has 1 aliphatic rings. The molecule has 5 heteroatoms. The highest BCUT2D eigenvalue weighted by atomic mass is 15.3. The number of piperazine rings is 1. The quantitative estimate of drug-likeness (QED) is 0.727. The lowest BCUT2D eigenvalue weighted by molar-refractivity contribution is 0.249. The zero-order chi connectivity index (χ0) is 19.3. The molecule has 1 aromatic heterocycles. The first-order valence-electron chi connectivity index (χ1n) is 9.84. The molecular formula is C23H27N5. The van der Waals surface area contributed by atoms with Crippen LogP contribution in [0.5, 0.6) is 0 Å². The summed E-state index contributed by atoms with van der Waals surface area (Å²) in [6, 6.07) is 19.2. The van der Waals surface area contributed by atoms with E-state index in [0.29, 0.717) is 0 Å². The highest BCUT2D eigenvalue weighted by Crippen LogP contribution is 2.21. The van der Waals surface area contributed by atoms with E-state index >= 15 is 0 Å². The summed E-state index contributed by atoms with van der Waals surface area (Å²) in [6.07, 6.45) is 1.65. The van der Waals surface area contributed by atoms with Gasteiger partial charge in [0.2, 0.25) is 0 Å². The molecule has 4 rings (SSSR count). The summed E-state index contributed by atoms with van der Waals surface area (Å²) in [5, 5.41) is 3.42. The molecule has 2 aromatic carbocycles. The molecule has 2 heterocycles. The van der Waals surface area contributed by atoms with Gasteiger partial charge >= 0.3 is 0 Å². The predicted octanol–water partition coefficient (Wildman–Crippen LogP) is 4.16. The van der Waals surface area contributed by atoms with E-state index in [1.165, 1.54) is 16.7 Å². The zero-order valence-corrected chi connectivity index (χ0v) is 16.6. The minimum absolute atomic E-state index is 0.835. The van der Waals surface area contributed by atoms with Crippen molar-refractivity contribution in [2.24, 2.45) is 0 Å². The second-order valence-electron chi connectivity index (χ2n) is 7.51. The molecule has 1 saturated heterocycles. The minimum Gasteiger partial charge on any atom is -0.354 e. The predicted molar refractivity (Wildman–Crippen MR) is 115 cm³/mol. The van der Waals surface area contributed by atoms with Gasteiger partial charge in [0.1, 0.15) is 18.0 Å². The number of anilines is 3. The summed E-state index contributed by atoms with van der Waals surface area (Å²) in [5.74, 6) is 1.82. The third-order valence-electron chi connectivity index (χ3n) is 5.09. The van der Waals surface area contributed by atoms with E-state index in [2.05, 4.69) is 87.5 Å². The molecule has 28 heavy (non-hydrogen) atoms. The molecule has 0 radical (unpaired) electrons. The minimum atomic E-state index is 0.835. The molecule has 0 saturated carbocycles. The molecule has 0 unspecified atom stereocenters. The Labute approximate surface area is 167 Å². The van der Waals surface area contributed by atoms with E-state index in [9.17, 15) is 0 Å². The van der Waals surface area contributed by atoms with Crippen molar-refractivity contribution >= 4 is 17.3 Å². The molecule has 0 amide bonds. The number of benzene rings is 2. The van der Waals surface area contributed by atoms with Crippen LogP contribution in [0.4, 0.5) is 17.3 Å². The number of nitrogens with zero attached hydrogens (tertiary/aromatic N) is 4. The van der Waals surface area contributed by atoms with Gasteiger partial charge in [0.15, 0.2) is 0 Å². The third kappa shape index (κ3) is 4.67. The normalized spacial score (nSPS) is 14.9. The van der Waals surface area contributed by atoms with Crippen LogP contribution >= 0.6 is 0 Å². The number of rotatable bonds is 5. The molecule has 0 spiro atoms. The van der Waals surface area contributed by atoms with Crippen molar-refractivity contribution in [3.8, 4) is 0 Å². The largest absolute Gasteiger partial charge is 0.354 e. The maximum Gasteiger partial charge on any atom is 0.135 e. The van der Waals surface area contributed by atoms with E-state index in [4.69, 9.17) is 0 Å². The van der Waals surface area contributed by atoms with Gasteiger partial charge in [-0.15, -0.1) is 0 Å². The Morgan fingerprint density at radius 3 is 2.29 bits per heavy atom. The van der Waals surface area contributed by atoms with Crippen molar-refractivity contribution in [3.63, 3.8) is 0 Å². The number of aromatic nitrogens is 2. The number of hydrogen-bond acceptors (Lipinski definition) is 5. The second-order valence-corrected chi connectivity index (χ2v) is 7.51. The van der Waals surface area contributed by atoms with Gasteiger partial charge in [0, 0.05) is 44.5 Å². The first-order chi connectivity index (χ1) is 13.7. The molecule has 1 aliphatic heterocycles. The monoisotopic (exact) mass is 373 g/mol. The fourth-order valence-electron chi connectivity index (χ4n) is 3.76. The Balaban J connectivity index is 1.38. The lowest BCUT2D eigenvalue weighted by Gasteiger charge is -2.35. The van der Waals surface area contributed by atoms with Crippen LogP contribution in [0, 0.1) is 13.8 Å². The molecular weight excluding hydrogens is 346 g/mol. The Kier molecular flexibility index (Phi) is 5.53. The van der Waals surface area contributed by atoms with Crippen LogP contribution in [0.2, 0.25) is 0 Å². The first-order valence-corrected chi connectivity index (χ1v) is 9.84. The Morgan fingerprint density at radius 2 is 1.57 bits per heavy atom. The zero-order valence-electron chi connectivity index (χ0n) is 16.6. The van der Waals surface area contributed by atoms with Crippen molar-refractivity contribution in [3.05, 3.63) is 77.6 Å². The van der Waals surface area contributed by atoms with Gasteiger partial charge in [-0.1, -0.05) is 36.4 Å². The summed E-state index contributed by atoms with van der Waals surface area (Å²) in [4.78, 5) is 13.8. The summed E-state index contributed by atoms with van der Waals surface area (Å²) < 4.78 is 0. The van der Waals surface area contributed by atoms with E-state index in [0.717, 1.165) is 50.0 Å². The van der Waals surface area contributed by atoms with Gasteiger partial charge in [-0.25, -0.2) is 9.97 Å². The Morgan fingerprint density at radius 1 is 0.857 bits per heavy atom. The van der Waals surface area contributed by atoms with Gasteiger partial charge in [0.05, 0.1) is 0 Å². The molecule has 1 N–H and O–H groups in total. The maximum absolute atomic E-state index is 4.51. The summed E-state index contributed by atoms with van der Waals surface area (Å²) >= 11 is 0. The number of aryl methyl sites for hydroxylation is 2. The number of nitrogens with one attached hydrogen (secondary N) is 1. The van der Waals surface area contributed by atoms with Crippen molar-refractivity contribution < 1.29 is 0 Å². The van der Waals surface area contributed by atoms with Crippen molar-refractivity contribution in [2.45, 2.75) is 20.4 Å². The van der Waals surface area contributed by atoms with Crippen LogP contribution in [-0.2, 0) is 6.54 Å². The average Bonchev–Trinajstić information content (AvgIpc) is 2.69. The smallest absolute Gasteiger partial charge is 0.135 e. The van der Waals surface area contributed by atoms with Crippen LogP contribution in [0.25, 0.3) is 0 Å². The molecule has 1 fully saturated rings. The van der Waals surface area contributed by atoms with Crippen LogP contribution in [0.15, 0.2) is 60.9 Å². The first kappa shape index (κ1) is 18.4. The van der Waals surface area contributed by atoms with E-state index in [-0.39, 0.29) is 0 Å². The van der Waals surface area contributed by atoms with E-state index in [1.54, 1.807) is 6.33 Å². The summed E-state index contributed by atoms with van der Waals surface area (Å²) in [6.45, 7) is 9.27. The van der Waals surface area contributed by atoms with Gasteiger partial charge in [-0.3, -0.25) is 4.90 Å². The molecule has 0 aliphatic carbocycles. The molecule has 5 nitrogen and oxygen atoms in total. The molecule has 0 bridgehead atoms. The standard InChI is InChI=1S/C23H27N5/c1-18-12-19(2)14-21(13-18)26-22-15-23(25-17-24-22)28-10-8-27(9-11-28)16-20-6-4-3-5-7-20/h3-7,12-15,17H,8-11,16H2,1-2H3,(H,24,25,26). The van der Waals surface area contributed by atoms with Gasteiger partial charge in [-0.05, 0) is 42.7 Å². The SMILES string of the molecule is Cc1cc(C)cc(Nc2cc(N3CCN(Cc4ccccc4)CC3)ncn2)c1. The van der Waals surface area contributed by atoms with E-state index in [1.807, 2.05) is 6.07 Å².